The molecule has 1 heterocycles. The van der Waals surface area contributed by atoms with Gasteiger partial charge in [0.25, 0.3) is 0 Å². The van der Waals surface area contributed by atoms with Gasteiger partial charge in [-0.05, 0) is 12.8 Å². The van der Waals surface area contributed by atoms with Crippen LogP contribution in [0, 0.1) is 5.92 Å². The van der Waals surface area contributed by atoms with Crippen LogP contribution in [0.5, 0.6) is 0 Å². The Hall–Kier alpha value is -1.52. The van der Waals surface area contributed by atoms with E-state index in [1.165, 1.54) is 6.20 Å². The Bertz CT molecular complexity index is 320. The van der Waals surface area contributed by atoms with E-state index in [4.69, 9.17) is 4.74 Å². The Morgan fingerprint density at radius 2 is 2.40 bits per heavy atom. The molecule has 2 N–H and O–H groups in total. The summed E-state index contributed by atoms with van der Waals surface area (Å²) in [5.74, 6) is 0.781. The second-order valence-electron chi connectivity index (χ2n) is 3.65. The van der Waals surface area contributed by atoms with Crippen LogP contribution in [0.2, 0.25) is 0 Å². The van der Waals surface area contributed by atoms with Crippen molar-refractivity contribution in [3.8, 4) is 0 Å². The molecule has 0 fully saturated rings. The molecular weight excluding hydrogens is 194 g/mol. The summed E-state index contributed by atoms with van der Waals surface area (Å²) in [6.07, 6.45) is 1.47. The van der Waals surface area contributed by atoms with Gasteiger partial charge in [-0.1, -0.05) is 13.8 Å². The number of hydrogen-bond acceptors (Lipinski definition) is 4. The van der Waals surface area contributed by atoms with Crippen molar-refractivity contribution in [2.45, 2.75) is 20.8 Å². The van der Waals surface area contributed by atoms with Crippen LogP contribution in [0.4, 0.5) is 5.82 Å². The summed E-state index contributed by atoms with van der Waals surface area (Å²) in [6, 6.07) is 0. The summed E-state index contributed by atoms with van der Waals surface area (Å²) < 4.78 is 4.89. The van der Waals surface area contributed by atoms with Crippen molar-refractivity contribution >= 4 is 11.8 Å². The fourth-order valence-electron chi connectivity index (χ4n) is 1.09. The minimum absolute atomic E-state index is 0.350. The maximum atomic E-state index is 11.4. The topological polar surface area (TPSA) is 67.0 Å². The third-order valence-electron chi connectivity index (χ3n) is 1.82. The lowest BCUT2D eigenvalue weighted by atomic mass is 10.2. The normalized spacial score (nSPS) is 10.4. The number of hydrogen-bond donors (Lipinski definition) is 2. The number of aromatic amines is 1. The van der Waals surface area contributed by atoms with Crippen LogP contribution in [0.3, 0.4) is 0 Å². The summed E-state index contributed by atoms with van der Waals surface area (Å²) in [5.41, 5.74) is 0.456. The zero-order valence-corrected chi connectivity index (χ0v) is 9.33. The highest BCUT2D eigenvalue weighted by Gasteiger charge is 2.14. The molecule has 0 aliphatic carbocycles. The number of ether oxygens (including phenoxy) is 1. The van der Waals surface area contributed by atoms with Gasteiger partial charge in [0.2, 0.25) is 0 Å². The van der Waals surface area contributed by atoms with Crippen LogP contribution in [0.25, 0.3) is 0 Å². The van der Waals surface area contributed by atoms with Crippen molar-refractivity contribution in [3.63, 3.8) is 0 Å². The molecule has 15 heavy (non-hydrogen) atoms. The lowest BCUT2D eigenvalue weighted by Gasteiger charge is -2.08. The molecule has 0 aliphatic rings. The van der Waals surface area contributed by atoms with Crippen LogP contribution < -0.4 is 5.32 Å². The number of carbonyl (C=O) groups excluding carboxylic acids is 1. The van der Waals surface area contributed by atoms with Crippen LogP contribution in [-0.2, 0) is 4.74 Å². The molecule has 1 aromatic heterocycles. The van der Waals surface area contributed by atoms with Crippen molar-refractivity contribution < 1.29 is 9.53 Å². The third kappa shape index (κ3) is 3.27. The fraction of sp³-hybridized carbons (Fsp3) is 0.600. The van der Waals surface area contributed by atoms with Gasteiger partial charge in [-0.25, -0.2) is 4.79 Å². The molecule has 0 spiro atoms. The first-order valence-electron chi connectivity index (χ1n) is 5.09. The first-order chi connectivity index (χ1) is 7.15. The number of nitrogens with zero attached hydrogens (tertiary/aromatic N) is 1. The fourth-order valence-corrected chi connectivity index (χ4v) is 1.09. The minimum Gasteiger partial charge on any atom is -0.462 e. The highest BCUT2D eigenvalue weighted by Crippen LogP contribution is 2.12. The highest BCUT2D eigenvalue weighted by atomic mass is 16.5. The lowest BCUT2D eigenvalue weighted by molar-refractivity contribution is 0.0527. The van der Waals surface area contributed by atoms with E-state index in [9.17, 15) is 4.79 Å². The Morgan fingerprint density at radius 1 is 1.67 bits per heavy atom. The van der Waals surface area contributed by atoms with E-state index in [-0.39, 0.29) is 5.97 Å². The van der Waals surface area contributed by atoms with Gasteiger partial charge < -0.3 is 10.1 Å². The van der Waals surface area contributed by atoms with Crippen LogP contribution >= 0.6 is 0 Å². The number of H-pyrrole nitrogens is 1. The SMILES string of the molecule is CCOC(=O)c1cn[nH]c1NCC(C)C. The Kier molecular flexibility index (Phi) is 4.15. The molecular formula is C10H17N3O2. The molecule has 0 bridgehead atoms. The summed E-state index contributed by atoms with van der Waals surface area (Å²) in [6.45, 7) is 7.11. The first kappa shape index (κ1) is 11.6. The van der Waals surface area contributed by atoms with Gasteiger partial charge >= 0.3 is 5.97 Å². The number of esters is 1. The molecule has 0 saturated heterocycles. The van der Waals surface area contributed by atoms with Gasteiger partial charge in [0.05, 0.1) is 12.8 Å². The predicted molar refractivity (Wildman–Crippen MR) is 57.9 cm³/mol. The molecule has 0 aromatic carbocycles. The average molecular weight is 211 g/mol. The third-order valence-corrected chi connectivity index (χ3v) is 1.82. The predicted octanol–water partition coefficient (Wildman–Crippen LogP) is 1.65. The maximum absolute atomic E-state index is 11.4. The second kappa shape index (κ2) is 5.38. The van der Waals surface area contributed by atoms with Crippen molar-refractivity contribution in [3.05, 3.63) is 11.8 Å². The molecule has 1 aromatic rings. The molecule has 0 saturated carbocycles. The monoisotopic (exact) mass is 211 g/mol. The summed E-state index contributed by atoms with van der Waals surface area (Å²) in [4.78, 5) is 11.4. The Morgan fingerprint density at radius 3 is 3.00 bits per heavy atom. The van der Waals surface area contributed by atoms with Gasteiger partial charge in [-0.15, -0.1) is 0 Å². The van der Waals surface area contributed by atoms with Crippen molar-refractivity contribution in [2.24, 2.45) is 5.92 Å². The molecule has 0 unspecified atom stereocenters. The van der Waals surface area contributed by atoms with Crippen molar-refractivity contribution in [1.29, 1.82) is 0 Å². The van der Waals surface area contributed by atoms with Crippen LogP contribution in [0.1, 0.15) is 31.1 Å². The number of rotatable bonds is 5. The molecule has 0 aliphatic heterocycles. The highest BCUT2D eigenvalue weighted by molar-refractivity contribution is 5.94. The van der Waals surface area contributed by atoms with Crippen LogP contribution in [0.15, 0.2) is 6.20 Å². The quantitative estimate of drug-likeness (QED) is 0.727. The minimum atomic E-state index is -0.350. The van der Waals surface area contributed by atoms with E-state index in [1.54, 1.807) is 6.92 Å². The first-order valence-corrected chi connectivity index (χ1v) is 5.09. The van der Waals surface area contributed by atoms with Crippen molar-refractivity contribution in [1.82, 2.24) is 10.2 Å². The smallest absolute Gasteiger partial charge is 0.343 e. The number of anilines is 1. The summed E-state index contributed by atoms with van der Waals surface area (Å²) in [7, 11) is 0. The molecule has 0 radical (unpaired) electrons. The van der Waals surface area contributed by atoms with E-state index >= 15 is 0 Å². The molecule has 1 rings (SSSR count). The number of carbonyl (C=O) groups is 1. The molecule has 0 atom stereocenters. The summed E-state index contributed by atoms with van der Waals surface area (Å²) in [5, 5.41) is 9.67. The van der Waals surface area contributed by atoms with E-state index in [2.05, 4.69) is 29.4 Å². The van der Waals surface area contributed by atoms with Gasteiger partial charge in [-0.3, -0.25) is 5.10 Å². The van der Waals surface area contributed by atoms with E-state index in [1.807, 2.05) is 0 Å². The largest absolute Gasteiger partial charge is 0.462 e. The Balaban J connectivity index is 2.64. The second-order valence-corrected chi connectivity index (χ2v) is 3.65. The van der Waals surface area contributed by atoms with E-state index in [0.717, 1.165) is 6.54 Å². The standard InChI is InChI=1S/C10H17N3O2/c1-4-15-10(14)8-6-12-13-9(8)11-5-7(2)3/h6-7H,4-5H2,1-3H3,(H2,11,12,13). The average Bonchev–Trinajstić information content (AvgIpc) is 2.62. The Labute approximate surface area is 89.2 Å². The zero-order valence-electron chi connectivity index (χ0n) is 9.33. The van der Waals surface area contributed by atoms with E-state index in [0.29, 0.717) is 23.9 Å². The molecule has 84 valence electrons. The van der Waals surface area contributed by atoms with Gasteiger partial charge in [0.1, 0.15) is 11.4 Å². The number of nitrogens with one attached hydrogen (secondary N) is 2. The maximum Gasteiger partial charge on any atom is 0.343 e. The van der Waals surface area contributed by atoms with Gasteiger partial charge in [0, 0.05) is 6.54 Å². The van der Waals surface area contributed by atoms with Gasteiger partial charge in [0.15, 0.2) is 0 Å². The van der Waals surface area contributed by atoms with Crippen molar-refractivity contribution in [2.75, 3.05) is 18.5 Å². The molecule has 0 amide bonds. The van der Waals surface area contributed by atoms with E-state index < -0.39 is 0 Å². The lowest BCUT2D eigenvalue weighted by Crippen LogP contribution is -2.12. The molecule has 5 heteroatoms. The summed E-state index contributed by atoms with van der Waals surface area (Å²) >= 11 is 0. The molecule has 5 nitrogen and oxygen atoms in total. The number of aromatic nitrogens is 2. The van der Waals surface area contributed by atoms with Crippen LogP contribution in [-0.4, -0.2) is 29.3 Å². The zero-order chi connectivity index (χ0) is 11.3. The van der Waals surface area contributed by atoms with Gasteiger partial charge in [-0.2, -0.15) is 5.10 Å².